The van der Waals surface area contributed by atoms with Gasteiger partial charge in [-0.1, -0.05) is 0 Å². The number of nitrogens with zero attached hydrogens (tertiary/aromatic N) is 2. The fourth-order valence-electron chi connectivity index (χ4n) is 2.36. The third-order valence-corrected chi connectivity index (χ3v) is 3.33. The van der Waals surface area contributed by atoms with E-state index < -0.39 is 0 Å². The quantitative estimate of drug-likeness (QED) is 0.735. The number of benzene rings is 1. The Labute approximate surface area is 109 Å². The molecule has 19 heavy (non-hydrogen) atoms. The molecule has 0 fully saturated rings. The average Bonchev–Trinajstić information content (AvgIpc) is 3.06. The number of fused-ring (bicyclic) bond motifs is 2. The Morgan fingerprint density at radius 2 is 2.11 bits per heavy atom. The van der Waals surface area contributed by atoms with Gasteiger partial charge in [0.05, 0.1) is 11.3 Å². The molecule has 4 rings (SSSR count). The fraction of sp³-hybridized carbons (Fsp3) is 0.143. The standard InChI is InChI=1S/C14H12N4O/c1-2-12-9(3-4-16-12)5-10(1)19-14-11-6-15-7-13(11)17-8-18-14/h1-5,8,15-16H,6-7H2. The molecular formula is C14H12N4O. The van der Waals surface area contributed by atoms with Crippen LogP contribution in [0.25, 0.3) is 10.9 Å². The zero-order chi connectivity index (χ0) is 12.7. The summed E-state index contributed by atoms with van der Waals surface area (Å²) in [5, 5.41) is 4.38. The lowest BCUT2D eigenvalue weighted by Gasteiger charge is -2.08. The highest BCUT2D eigenvalue weighted by molar-refractivity contribution is 5.80. The van der Waals surface area contributed by atoms with Crippen LogP contribution in [-0.4, -0.2) is 15.0 Å². The predicted octanol–water partition coefficient (Wildman–Crippen LogP) is 2.35. The number of rotatable bonds is 2. The minimum Gasteiger partial charge on any atom is -0.439 e. The van der Waals surface area contributed by atoms with Gasteiger partial charge >= 0.3 is 0 Å². The molecule has 0 amide bonds. The molecule has 0 saturated carbocycles. The number of aromatic amines is 1. The summed E-state index contributed by atoms with van der Waals surface area (Å²) in [6.45, 7) is 1.54. The first-order chi connectivity index (χ1) is 9.40. The van der Waals surface area contributed by atoms with Crippen LogP contribution in [0.2, 0.25) is 0 Å². The van der Waals surface area contributed by atoms with Crippen molar-refractivity contribution in [3.05, 3.63) is 48.0 Å². The Kier molecular flexibility index (Phi) is 2.25. The van der Waals surface area contributed by atoms with Crippen LogP contribution in [0.4, 0.5) is 0 Å². The van der Waals surface area contributed by atoms with E-state index in [0.29, 0.717) is 5.88 Å². The van der Waals surface area contributed by atoms with Crippen LogP contribution in [0.3, 0.4) is 0 Å². The second-order valence-electron chi connectivity index (χ2n) is 4.54. The number of ether oxygens (including phenoxy) is 1. The summed E-state index contributed by atoms with van der Waals surface area (Å²) < 4.78 is 5.89. The van der Waals surface area contributed by atoms with E-state index in [1.807, 2.05) is 30.5 Å². The largest absolute Gasteiger partial charge is 0.439 e. The van der Waals surface area contributed by atoms with E-state index in [4.69, 9.17) is 4.74 Å². The van der Waals surface area contributed by atoms with Crippen LogP contribution in [0.5, 0.6) is 11.6 Å². The zero-order valence-corrected chi connectivity index (χ0v) is 10.2. The zero-order valence-electron chi connectivity index (χ0n) is 10.2. The van der Waals surface area contributed by atoms with Gasteiger partial charge in [-0.3, -0.25) is 0 Å². The highest BCUT2D eigenvalue weighted by Crippen LogP contribution is 2.28. The van der Waals surface area contributed by atoms with E-state index in [2.05, 4.69) is 20.3 Å². The second kappa shape index (κ2) is 4.07. The number of nitrogens with one attached hydrogen (secondary N) is 2. The SMILES string of the molecule is c1nc2c(c(Oc3ccc4[nH]ccc4c3)n1)CNC2. The van der Waals surface area contributed by atoms with Gasteiger partial charge in [0, 0.05) is 30.2 Å². The normalized spacial score (nSPS) is 13.7. The summed E-state index contributed by atoms with van der Waals surface area (Å²) >= 11 is 0. The minimum atomic E-state index is 0.643. The Hall–Kier alpha value is -2.40. The van der Waals surface area contributed by atoms with Gasteiger partial charge in [0.25, 0.3) is 0 Å². The van der Waals surface area contributed by atoms with Crippen LogP contribution in [0.1, 0.15) is 11.3 Å². The third-order valence-electron chi connectivity index (χ3n) is 3.33. The van der Waals surface area contributed by atoms with Crippen LogP contribution >= 0.6 is 0 Å². The molecular weight excluding hydrogens is 240 g/mol. The van der Waals surface area contributed by atoms with Gasteiger partial charge in [-0.05, 0) is 24.3 Å². The third kappa shape index (κ3) is 1.75. The van der Waals surface area contributed by atoms with Crippen molar-refractivity contribution in [2.75, 3.05) is 0 Å². The number of H-pyrrole nitrogens is 1. The number of aromatic nitrogens is 3. The molecule has 5 heteroatoms. The summed E-state index contributed by atoms with van der Waals surface area (Å²) in [6, 6.07) is 7.97. The van der Waals surface area contributed by atoms with Gasteiger partial charge < -0.3 is 15.0 Å². The first-order valence-electron chi connectivity index (χ1n) is 6.18. The van der Waals surface area contributed by atoms with E-state index >= 15 is 0 Å². The molecule has 0 bridgehead atoms. The Bertz CT molecular complexity index is 750. The first kappa shape index (κ1) is 10.5. The van der Waals surface area contributed by atoms with Gasteiger partial charge in [-0.15, -0.1) is 0 Å². The fourth-order valence-corrected chi connectivity index (χ4v) is 2.36. The summed E-state index contributed by atoms with van der Waals surface area (Å²) in [6.07, 6.45) is 3.47. The highest BCUT2D eigenvalue weighted by atomic mass is 16.5. The van der Waals surface area contributed by atoms with E-state index in [9.17, 15) is 0 Å². The molecule has 0 saturated heterocycles. The molecule has 0 spiro atoms. The molecule has 0 radical (unpaired) electrons. The van der Waals surface area contributed by atoms with Crippen LogP contribution < -0.4 is 10.1 Å². The lowest BCUT2D eigenvalue weighted by atomic mass is 10.2. The molecule has 2 aromatic heterocycles. The van der Waals surface area contributed by atoms with E-state index in [1.165, 1.54) is 0 Å². The molecule has 94 valence electrons. The summed E-state index contributed by atoms with van der Waals surface area (Å²) in [4.78, 5) is 11.6. The number of hydrogen-bond acceptors (Lipinski definition) is 4. The molecule has 0 atom stereocenters. The molecule has 1 aromatic carbocycles. The van der Waals surface area contributed by atoms with Crippen molar-refractivity contribution in [3.63, 3.8) is 0 Å². The lowest BCUT2D eigenvalue weighted by Crippen LogP contribution is -2.00. The first-order valence-corrected chi connectivity index (χ1v) is 6.18. The van der Waals surface area contributed by atoms with E-state index in [0.717, 1.165) is 41.0 Å². The van der Waals surface area contributed by atoms with Crippen molar-refractivity contribution in [1.82, 2.24) is 20.3 Å². The maximum atomic E-state index is 5.89. The molecule has 3 heterocycles. The summed E-state index contributed by atoms with van der Waals surface area (Å²) in [5.74, 6) is 1.43. The van der Waals surface area contributed by atoms with E-state index in [-0.39, 0.29) is 0 Å². The maximum absolute atomic E-state index is 5.89. The van der Waals surface area contributed by atoms with Gasteiger partial charge in [-0.2, -0.15) is 0 Å². The minimum absolute atomic E-state index is 0.643. The summed E-state index contributed by atoms with van der Waals surface area (Å²) in [5.41, 5.74) is 3.17. The second-order valence-corrected chi connectivity index (χ2v) is 4.54. The molecule has 0 aliphatic carbocycles. The lowest BCUT2D eigenvalue weighted by molar-refractivity contribution is 0.455. The topological polar surface area (TPSA) is 62.8 Å². The Morgan fingerprint density at radius 3 is 3.11 bits per heavy atom. The maximum Gasteiger partial charge on any atom is 0.227 e. The van der Waals surface area contributed by atoms with Crippen molar-refractivity contribution >= 4 is 10.9 Å². The van der Waals surface area contributed by atoms with Gasteiger partial charge in [-0.25, -0.2) is 9.97 Å². The molecule has 5 nitrogen and oxygen atoms in total. The van der Waals surface area contributed by atoms with Crippen molar-refractivity contribution < 1.29 is 4.74 Å². The van der Waals surface area contributed by atoms with Crippen molar-refractivity contribution in [3.8, 4) is 11.6 Å². The highest BCUT2D eigenvalue weighted by Gasteiger charge is 2.18. The van der Waals surface area contributed by atoms with Gasteiger partial charge in [0.2, 0.25) is 5.88 Å². The predicted molar refractivity (Wildman–Crippen MR) is 70.9 cm³/mol. The van der Waals surface area contributed by atoms with Crippen LogP contribution in [-0.2, 0) is 13.1 Å². The van der Waals surface area contributed by atoms with Crippen LogP contribution in [0.15, 0.2) is 36.8 Å². The molecule has 1 aliphatic heterocycles. The molecule has 2 N–H and O–H groups in total. The monoisotopic (exact) mass is 252 g/mol. The average molecular weight is 252 g/mol. The van der Waals surface area contributed by atoms with Crippen molar-refractivity contribution in [2.45, 2.75) is 13.1 Å². The molecule has 1 aliphatic rings. The van der Waals surface area contributed by atoms with Crippen molar-refractivity contribution in [2.24, 2.45) is 0 Å². The van der Waals surface area contributed by atoms with Crippen molar-refractivity contribution in [1.29, 1.82) is 0 Å². The Balaban J connectivity index is 1.73. The molecule has 3 aromatic rings. The Morgan fingerprint density at radius 1 is 1.11 bits per heavy atom. The number of hydrogen-bond donors (Lipinski definition) is 2. The summed E-state index contributed by atoms with van der Waals surface area (Å²) in [7, 11) is 0. The van der Waals surface area contributed by atoms with Crippen LogP contribution in [0, 0.1) is 0 Å². The van der Waals surface area contributed by atoms with Gasteiger partial charge in [0.15, 0.2) is 0 Å². The van der Waals surface area contributed by atoms with E-state index in [1.54, 1.807) is 6.33 Å². The van der Waals surface area contributed by atoms with Gasteiger partial charge in [0.1, 0.15) is 12.1 Å². The molecule has 0 unspecified atom stereocenters. The smallest absolute Gasteiger partial charge is 0.227 e.